The minimum Gasteiger partial charge on any atom is -0.355 e. The van der Waals surface area contributed by atoms with Gasteiger partial charge in [0, 0.05) is 55.4 Å². The van der Waals surface area contributed by atoms with Crippen LogP contribution in [-0.4, -0.2) is 46.8 Å². The number of aromatic nitrogens is 2. The first kappa shape index (κ1) is 23.4. The van der Waals surface area contributed by atoms with E-state index in [4.69, 9.17) is 9.97 Å². The first-order chi connectivity index (χ1) is 16.5. The Bertz CT molecular complexity index is 1200. The molecule has 0 saturated carbocycles. The lowest BCUT2D eigenvalue weighted by Crippen LogP contribution is -2.39. The van der Waals surface area contributed by atoms with Crippen molar-refractivity contribution in [2.75, 3.05) is 25.5 Å². The van der Waals surface area contributed by atoms with Crippen molar-refractivity contribution >= 4 is 23.3 Å². The Labute approximate surface area is 198 Å². The first-order valence-corrected chi connectivity index (χ1v) is 11.5. The predicted octanol–water partition coefficient (Wildman–Crippen LogP) is 4.50. The Kier molecular flexibility index (Phi) is 7.15. The normalized spacial score (nSPS) is 15.6. The molecule has 1 unspecified atom stereocenters. The van der Waals surface area contributed by atoms with Crippen LogP contribution in [0.2, 0.25) is 0 Å². The maximum Gasteiger partial charge on any atom is 0.251 e. The molecule has 2 N–H and O–H groups in total. The van der Waals surface area contributed by atoms with E-state index in [0.29, 0.717) is 47.1 Å². The molecule has 1 saturated heterocycles. The Morgan fingerprint density at radius 1 is 1.12 bits per heavy atom. The Balaban J connectivity index is 1.77. The number of benzene rings is 2. The van der Waals surface area contributed by atoms with Crippen molar-refractivity contribution in [3.63, 3.8) is 0 Å². The minimum absolute atomic E-state index is 0.0376. The summed E-state index contributed by atoms with van der Waals surface area (Å²) in [6.07, 6.45) is 2.18. The average Bonchev–Trinajstić information content (AvgIpc) is 2.87. The molecule has 0 spiro atoms. The van der Waals surface area contributed by atoms with Gasteiger partial charge in [0.05, 0.1) is 5.69 Å². The van der Waals surface area contributed by atoms with Crippen molar-refractivity contribution in [3.8, 4) is 11.3 Å². The molecule has 4 rings (SSSR count). The number of likely N-dealkylation sites (tertiary alicyclic amines) is 1. The number of carbonyl (C=O) groups is 2. The van der Waals surface area contributed by atoms with Gasteiger partial charge in [0.25, 0.3) is 5.91 Å². The van der Waals surface area contributed by atoms with Gasteiger partial charge in [0.2, 0.25) is 5.91 Å². The van der Waals surface area contributed by atoms with Crippen LogP contribution in [0.15, 0.2) is 54.6 Å². The van der Waals surface area contributed by atoms with Crippen LogP contribution in [0.25, 0.3) is 11.3 Å². The highest BCUT2D eigenvalue weighted by molar-refractivity contribution is 6.00. The lowest BCUT2D eigenvalue weighted by atomic mass is 9.96. The van der Waals surface area contributed by atoms with Crippen LogP contribution in [0.1, 0.15) is 48.3 Å². The van der Waals surface area contributed by atoms with E-state index in [-0.39, 0.29) is 23.5 Å². The van der Waals surface area contributed by atoms with E-state index in [0.717, 1.165) is 19.4 Å². The fraction of sp³-hybridized carbons (Fsp3) is 0.308. The van der Waals surface area contributed by atoms with Crippen molar-refractivity contribution in [1.82, 2.24) is 20.2 Å². The summed E-state index contributed by atoms with van der Waals surface area (Å²) in [6.45, 7) is 3.14. The van der Waals surface area contributed by atoms with E-state index in [1.165, 1.54) is 12.1 Å². The van der Waals surface area contributed by atoms with Crippen LogP contribution >= 0.6 is 0 Å². The highest BCUT2D eigenvalue weighted by atomic mass is 19.1. The van der Waals surface area contributed by atoms with Crippen molar-refractivity contribution in [2.24, 2.45) is 0 Å². The largest absolute Gasteiger partial charge is 0.355 e. The third kappa shape index (κ3) is 5.22. The quantitative estimate of drug-likeness (QED) is 0.564. The zero-order valence-electron chi connectivity index (χ0n) is 19.3. The number of amides is 2. The van der Waals surface area contributed by atoms with Gasteiger partial charge in [-0.05, 0) is 37.1 Å². The lowest BCUT2D eigenvalue weighted by Gasteiger charge is -2.32. The molecule has 1 atom stereocenters. The molecule has 3 aromatic rings. The summed E-state index contributed by atoms with van der Waals surface area (Å²) >= 11 is 0. The summed E-state index contributed by atoms with van der Waals surface area (Å²) in [5.41, 5.74) is 2.31. The van der Waals surface area contributed by atoms with E-state index in [1.54, 1.807) is 37.4 Å². The maximum atomic E-state index is 13.8. The summed E-state index contributed by atoms with van der Waals surface area (Å²) in [5.74, 6) is 0.597. The molecule has 7 nitrogen and oxygen atoms in total. The number of hydrogen-bond donors (Lipinski definition) is 2. The monoisotopic (exact) mass is 461 g/mol. The van der Waals surface area contributed by atoms with Crippen LogP contribution in [-0.2, 0) is 4.79 Å². The average molecular weight is 462 g/mol. The van der Waals surface area contributed by atoms with Crippen molar-refractivity contribution in [2.45, 2.75) is 32.1 Å². The summed E-state index contributed by atoms with van der Waals surface area (Å²) in [5, 5.41) is 5.84. The van der Waals surface area contributed by atoms with Gasteiger partial charge in [-0.15, -0.1) is 0 Å². The van der Waals surface area contributed by atoms with Gasteiger partial charge in [-0.25, -0.2) is 14.4 Å². The summed E-state index contributed by atoms with van der Waals surface area (Å²) < 4.78 is 13.8. The molecular weight excluding hydrogens is 433 g/mol. The molecule has 1 aliphatic rings. The molecule has 176 valence electrons. The van der Waals surface area contributed by atoms with Gasteiger partial charge in [0.1, 0.15) is 17.5 Å². The number of anilines is 2. The molecule has 2 heterocycles. The van der Waals surface area contributed by atoms with Gasteiger partial charge < -0.3 is 15.5 Å². The van der Waals surface area contributed by atoms with Gasteiger partial charge in [-0.1, -0.05) is 31.2 Å². The molecular formula is C26H28FN5O2. The molecule has 0 aliphatic carbocycles. The second-order valence-electron chi connectivity index (χ2n) is 8.29. The van der Waals surface area contributed by atoms with Crippen LogP contribution in [0.4, 0.5) is 15.9 Å². The zero-order chi connectivity index (χ0) is 24.1. The summed E-state index contributed by atoms with van der Waals surface area (Å²) in [7, 11) is 1.59. The second kappa shape index (κ2) is 10.4. The molecule has 2 amide bonds. The highest BCUT2D eigenvalue weighted by Crippen LogP contribution is 2.31. The van der Waals surface area contributed by atoms with Gasteiger partial charge in [-0.3, -0.25) is 9.59 Å². The fourth-order valence-electron chi connectivity index (χ4n) is 4.24. The summed E-state index contributed by atoms with van der Waals surface area (Å²) in [6, 6.07) is 15.2. The number of hydrogen-bond acceptors (Lipinski definition) is 5. The molecule has 0 radical (unpaired) electrons. The van der Waals surface area contributed by atoms with Crippen molar-refractivity contribution in [1.29, 1.82) is 0 Å². The van der Waals surface area contributed by atoms with Crippen molar-refractivity contribution < 1.29 is 14.0 Å². The molecule has 1 aliphatic heterocycles. The zero-order valence-corrected chi connectivity index (χ0v) is 19.3. The van der Waals surface area contributed by atoms with E-state index < -0.39 is 0 Å². The fourth-order valence-corrected chi connectivity index (χ4v) is 4.24. The molecule has 1 aromatic heterocycles. The van der Waals surface area contributed by atoms with E-state index >= 15 is 0 Å². The molecule has 34 heavy (non-hydrogen) atoms. The predicted molar refractivity (Wildman–Crippen MR) is 129 cm³/mol. The van der Waals surface area contributed by atoms with Crippen LogP contribution in [0.5, 0.6) is 0 Å². The van der Waals surface area contributed by atoms with Gasteiger partial charge >= 0.3 is 0 Å². The summed E-state index contributed by atoms with van der Waals surface area (Å²) in [4.78, 5) is 36.3. The SMILES string of the molecule is CCC(=O)N1CCCC(c2nc(Nc3cccc(F)c3)cc(-c3ccccc3C(=O)NC)n2)C1. The third-order valence-electron chi connectivity index (χ3n) is 5.96. The van der Waals surface area contributed by atoms with E-state index in [1.807, 2.05) is 24.0 Å². The Hall–Kier alpha value is -3.81. The highest BCUT2D eigenvalue weighted by Gasteiger charge is 2.27. The Morgan fingerprint density at radius 3 is 2.71 bits per heavy atom. The standard InChI is InChI=1S/C26H28FN5O2/c1-3-24(33)32-13-7-8-17(16-32)25-30-22(20-11-4-5-12-21(20)26(34)28-2)15-23(31-25)29-19-10-6-9-18(27)14-19/h4-6,9-12,14-15,17H,3,7-8,13,16H2,1-2H3,(H,28,34)(H,29,30,31). The van der Waals surface area contributed by atoms with Crippen LogP contribution in [0, 0.1) is 5.82 Å². The number of piperidine rings is 1. The number of carbonyl (C=O) groups excluding carboxylic acids is 2. The molecule has 2 aromatic carbocycles. The minimum atomic E-state index is -0.356. The number of nitrogens with zero attached hydrogens (tertiary/aromatic N) is 3. The van der Waals surface area contributed by atoms with Gasteiger partial charge in [0.15, 0.2) is 0 Å². The first-order valence-electron chi connectivity index (χ1n) is 11.5. The topological polar surface area (TPSA) is 87.2 Å². The Morgan fingerprint density at radius 2 is 1.94 bits per heavy atom. The molecule has 0 bridgehead atoms. The van der Waals surface area contributed by atoms with Crippen LogP contribution < -0.4 is 10.6 Å². The van der Waals surface area contributed by atoms with Gasteiger partial charge in [-0.2, -0.15) is 0 Å². The van der Waals surface area contributed by atoms with Crippen LogP contribution in [0.3, 0.4) is 0 Å². The molecule has 1 fully saturated rings. The second-order valence-corrected chi connectivity index (χ2v) is 8.29. The number of halogens is 1. The van der Waals surface area contributed by atoms with E-state index in [9.17, 15) is 14.0 Å². The molecule has 8 heteroatoms. The third-order valence-corrected chi connectivity index (χ3v) is 5.96. The van der Waals surface area contributed by atoms with E-state index in [2.05, 4.69) is 10.6 Å². The number of rotatable bonds is 6. The lowest BCUT2D eigenvalue weighted by molar-refractivity contribution is -0.132. The van der Waals surface area contributed by atoms with Crippen molar-refractivity contribution in [3.05, 3.63) is 71.8 Å². The smallest absolute Gasteiger partial charge is 0.251 e. The number of nitrogens with one attached hydrogen (secondary N) is 2. The maximum absolute atomic E-state index is 13.8.